The fourth-order valence-electron chi connectivity index (χ4n) is 3.89. The molecule has 0 radical (unpaired) electrons. The zero-order chi connectivity index (χ0) is 23.7. The quantitative estimate of drug-likeness (QED) is 0.306. The largest absolute Gasteiger partial charge is 0.462 e. The summed E-state index contributed by atoms with van der Waals surface area (Å²) in [5, 5.41) is 5.40. The van der Waals surface area contributed by atoms with Crippen LogP contribution in [0.15, 0.2) is 67.0 Å². The van der Waals surface area contributed by atoms with Gasteiger partial charge >= 0.3 is 5.97 Å². The summed E-state index contributed by atoms with van der Waals surface area (Å²) in [6.45, 7) is 2.11. The van der Waals surface area contributed by atoms with Crippen molar-refractivity contribution in [3.05, 3.63) is 89.0 Å². The molecule has 0 aliphatic heterocycles. The van der Waals surface area contributed by atoms with Gasteiger partial charge in [-0.05, 0) is 67.8 Å². The van der Waals surface area contributed by atoms with E-state index >= 15 is 0 Å². The summed E-state index contributed by atoms with van der Waals surface area (Å²) >= 11 is 6.43. The minimum Gasteiger partial charge on any atom is -0.462 e. The Morgan fingerprint density at radius 2 is 1.82 bits per heavy atom. The van der Waals surface area contributed by atoms with E-state index in [-0.39, 0.29) is 17.3 Å². The molecule has 6 nitrogen and oxygen atoms in total. The van der Waals surface area contributed by atoms with Gasteiger partial charge in [0.2, 0.25) is 5.88 Å². The molecule has 0 atom stereocenters. The molecule has 5 rings (SSSR count). The van der Waals surface area contributed by atoms with Crippen molar-refractivity contribution in [3.8, 4) is 11.6 Å². The maximum absolute atomic E-state index is 13.3. The predicted octanol–water partition coefficient (Wildman–Crippen LogP) is 6.49. The Morgan fingerprint density at radius 1 is 1.09 bits per heavy atom. The first kappa shape index (κ1) is 22.1. The first-order valence-corrected chi connectivity index (χ1v) is 11.3. The molecule has 0 saturated heterocycles. The van der Waals surface area contributed by atoms with Gasteiger partial charge in [0.05, 0.1) is 34.3 Å². The Kier molecular flexibility index (Phi) is 5.79. The van der Waals surface area contributed by atoms with Crippen LogP contribution in [0.2, 0.25) is 5.02 Å². The van der Waals surface area contributed by atoms with Gasteiger partial charge < -0.3 is 14.8 Å². The average molecular weight is 478 g/mol. The monoisotopic (exact) mass is 477 g/mol. The van der Waals surface area contributed by atoms with Crippen molar-refractivity contribution < 1.29 is 18.7 Å². The lowest BCUT2D eigenvalue weighted by Gasteiger charge is -2.21. The minimum absolute atomic E-state index is 0.315. The van der Waals surface area contributed by atoms with Gasteiger partial charge in [-0.3, -0.25) is 0 Å². The number of carbonyl (C=O) groups is 1. The molecule has 1 saturated carbocycles. The zero-order valence-electron chi connectivity index (χ0n) is 18.3. The SMILES string of the molecule is CCOC(=O)c1ccc(C2(Nc3nccc4c(Cl)cnc(Oc5ccc(F)cc5)c34)CC2)cc1. The lowest BCUT2D eigenvalue weighted by molar-refractivity contribution is 0.0526. The van der Waals surface area contributed by atoms with E-state index in [0.717, 1.165) is 23.8 Å². The number of esters is 1. The molecule has 0 unspecified atom stereocenters. The summed E-state index contributed by atoms with van der Waals surface area (Å²) in [4.78, 5) is 20.9. The Bertz CT molecular complexity index is 1360. The third-order valence-electron chi connectivity index (χ3n) is 5.80. The Morgan fingerprint density at radius 3 is 2.50 bits per heavy atom. The highest BCUT2D eigenvalue weighted by Gasteiger charge is 2.45. The number of nitrogens with zero attached hydrogens (tertiary/aromatic N) is 2. The van der Waals surface area contributed by atoms with Gasteiger partial charge in [0.15, 0.2) is 0 Å². The van der Waals surface area contributed by atoms with Crippen LogP contribution in [-0.2, 0) is 10.3 Å². The van der Waals surface area contributed by atoms with Crippen LogP contribution in [0, 0.1) is 5.82 Å². The number of benzene rings is 2. The number of hydrogen-bond donors (Lipinski definition) is 1. The maximum atomic E-state index is 13.3. The molecule has 172 valence electrons. The second-order valence-electron chi connectivity index (χ2n) is 8.05. The fraction of sp³-hybridized carbons (Fsp3) is 0.192. The molecule has 2 aromatic carbocycles. The number of ether oxygens (including phenoxy) is 2. The van der Waals surface area contributed by atoms with E-state index in [1.165, 1.54) is 30.5 Å². The van der Waals surface area contributed by atoms with E-state index in [4.69, 9.17) is 21.1 Å². The lowest BCUT2D eigenvalue weighted by atomic mass is 10.0. The highest BCUT2D eigenvalue weighted by molar-refractivity contribution is 6.35. The molecule has 4 aromatic rings. The summed E-state index contributed by atoms with van der Waals surface area (Å²) in [6, 6.07) is 14.9. The van der Waals surface area contributed by atoms with Gasteiger partial charge in [-0.15, -0.1) is 0 Å². The molecule has 1 fully saturated rings. The summed E-state index contributed by atoms with van der Waals surface area (Å²) in [7, 11) is 0. The number of nitrogens with one attached hydrogen (secondary N) is 1. The van der Waals surface area contributed by atoms with Crippen LogP contribution in [0.5, 0.6) is 11.6 Å². The van der Waals surface area contributed by atoms with Crippen LogP contribution in [0.3, 0.4) is 0 Å². The van der Waals surface area contributed by atoms with Gasteiger partial charge in [0.25, 0.3) is 0 Å². The number of pyridine rings is 2. The lowest BCUT2D eigenvalue weighted by Crippen LogP contribution is -2.20. The molecule has 0 bridgehead atoms. The number of halogens is 2. The smallest absolute Gasteiger partial charge is 0.338 e. The van der Waals surface area contributed by atoms with Crippen molar-refractivity contribution in [1.82, 2.24) is 9.97 Å². The van der Waals surface area contributed by atoms with Crippen molar-refractivity contribution in [2.75, 3.05) is 11.9 Å². The number of carbonyl (C=O) groups excluding carboxylic acids is 1. The third kappa shape index (κ3) is 4.26. The topological polar surface area (TPSA) is 73.3 Å². The number of aromatic nitrogens is 2. The molecule has 0 spiro atoms. The zero-order valence-corrected chi connectivity index (χ0v) is 19.1. The third-order valence-corrected chi connectivity index (χ3v) is 6.10. The van der Waals surface area contributed by atoms with Crippen molar-refractivity contribution in [3.63, 3.8) is 0 Å². The molecular weight excluding hydrogens is 457 g/mol. The van der Waals surface area contributed by atoms with Crippen LogP contribution >= 0.6 is 11.6 Å². The van der Waals surface area contributed by atoms with Crippen molar-refractivity contribution in [1.29, 1.82) is 0 Å². The molecule has 1 N–H and O–H groups in total. The van der Waals surface area contributed by atoms with Crippen LogP contribution < -0.4 is 10.1 Å². The molecule has 34 heavy (non-hydrogen) atoms. The van der Waals surface area contributed by atoms with Gasteiger partial charge in [0.1, 0.15) is 17.4 Å². The standard InChI is InChI=1S/C26H21ClFN3O3/c1-2-33-25(32)16-3-5-17(6-4-16)26(12-13-26)31-23-22-20(11-14-29-23)21(27)15-30-24(22)34-19-9-7-18(28)8-10-19/h3-11,14-15H,2,12-13H2,1H3,(H,29,31). The summed E-state index contributed by atoms with van der Waals surface area (Å²) < 4.78 is 24.4. The van der Waals surface area contributed by atoms with Crippen LogP contribution in [-0.4, -0.2) is 22.5 Å². The van der Waals surface area contributed by atoms with E-state index in [0.29, 0.717) is 40.0 Å². The van der Waals surface area contributed by atoms with Crippen molar-refractivity contribution in [2.24, 2.45) is 0 Å². The maximum Gasteiger partial charge on any atom is 0.338 e. The van der Waals surface area contributed by atoms with Gasteiger partial charge in [0, 0.05) is 11.6 Å². The number of rotatable bonds is 7. The fourth-order valence-corrected chi connectivity index (χ4v) is 4.10. The second-order valence-corrected chi connectivity index (χ2v) is 8.46. The first-order valence-electron chi connectivity index (χ1n) is 10.9. The van der Waals surface area contributed by atoms with E-state index in [1.54, 1.807) is 31.3 Å². The highest BCUT2D eigenvalue weighted by atomic mass is 35.5. The van der Waals surface area contributed by atoms with Gasteiger partial charge in [-0.2, -0.15) is 0 Å². The Labute approximate surface area is 200 Å². The molecule has 8 heteroatoms. The van der Waals surface area contributed by atoms with E-state index in [2.05, 4.69) is 15.3 Å². The highest BCUT2D eigenvalue weighted by Crippen LogP contribution is 2.49. The van der Waals surface area contributed by atoms with E-state index in [1.807, 2.05) is 12.1 Å². The van der Waals surface area contributed by atoms with Crippen LogP contribution in [0.1, 0.15) is 35.7 Å². The minimum atomic E-state index is -0.352. The summed E-state index contributed by atoms with van der Waals surface area (Å²) in [5.41, 5.74) is 1.22. The summed E-state index contributed by atoms with van der Waals surface area (Å²) in [5.74, 6) is 0.649. The van der Waals surface area contributed by atoms with Crippen molar-refractivity contribution >= 4 is 34.2 Å². The van der Waals surface area contributed by atoms with Gasteiger partial charge in [-0.1, -0.05) is 23.7 Å². The van der Waals surface area contributed by atoms with Gasteiger partial charge in [-0.25, -0.2) is 19.2 Å². The normalized spacial score (nSPS) is 14.0. The number of hydrogen-bond acceptors (Lipinski definition) is 6. The molecule has 1 aliphatic carbocycles. The van der Waals surface area contributed by atoms with Crippen molar-refractivity contribution in [2.45, 2.75) is 25.3 Å². The van der Waals surface area contributed by atoms with E-state index in [9.17, 15) is 9.18 Å². The molecule has 1 aliphatic rings. The Hall–Kier alpha value is -3.71. The van der Waals surface area contributed by atoms with Crippen LogP contribution in [0.25, 0.3) is 10.8 Å². The first-order chi connectivity index (χ1) is 16.5. The second kappa shape index (κ2) is 8.91. The Balaban J connectivity index is 1.49. The summed E-state index contributed by atoms with van der Waals surface area (Å²) in [6.07, 6.45) is 4.99. The van der Waals surface area contributed by atoms with Crippen LogP contribution in [0.4, 0.5) is 10.2 Å². The number of fused-ring (bicyclic) bond motifs is 1. The molecule has 0 amide bonds. The molecular formula is C26H21ClFN3O3. The molecule has 2 aromatic heterocycles. The average Bonchev–Trinajstić information content (AvgIpc) is 3.63. The van der Waals surface area contributed by atoms with E-state index < -0.39 is 0 Å². The predicted molar refractivity (Wildman–Crippen MR) is 128 cm³/mol. The number of anilines is 1. The molecule has 2 heterocycles.